The summed E-state index contributed by atoms with van der Waals surface area (Å²) < 4.78 is 5.80. The number of anilines is 1. The van der Waals surface area contributed by atoms with Crippen LogP contribution in [0.5, 0.6) is 5.75 Å². The summed E-state index contributed by atoms with van der Waals surface area (Å²) in [6.07, 6.45) is 0.137. The maximum Gasteiger partial charge on any atom is 0.265 e. The highest BCUT2D eigenvalue weighted by atomic mass is 16.5. The minimum Gasteiger partial charge on any atom is -0.481 e. The highest BCUT2D eigenvalue weighted by molar-refractivity contribution is 6.04. The molecule has 0 saturated carbocycles. The zero-order chi connectivity index (χ0) is 20.0. The number of benzene rings is 2. The monoisotopic (exact) mass is 368 g/mol. The Bertz CT molecular complexity index is 817. The molecule has 2 aromatic rings. The smallest absolute Gasteiger partial charge is 0.265 e. The van der Waals surface area contributed by atoms with E-state index in [0.717, 1.165) is 17.5 Å². The molecule has 5 heteroatoms. The van der Waals surface area contributed by atoms with E-state index in [-0.39, 0.29) is 17.9 Å². The second-order valence-corrected chi connectivity index (χ2v) is 6.85. The van der Waals surface area contributed by atoms with Gasteiger partial charge in [0.25, 0.3) is 11.8 Å². The molecule has 0 unspecified atom stereocenters. The van der Waals surface area contributed by atoms with E-state index in [1.165, 1.54) is 0 Å². The van der Waals surface area contributed by atoms with Gasteiger partial charge in [0.05, 0.1) is 11.3 Å². The maximum absolute atomic E-state index is 12.6. The van der Waals surface area contributed by atoms with Crippen LogP contribution in [0, 0.1) is 13.8 Å². The van der Waals surface area contributed by atoms with Gasteiger partial charge < -0.3 is 15.4 Å². The third-order valence-electron chi connectivity index (χ3n) is 4.42. The van der Waals surface area contributed by atoms with Crippen molar-refractivity contribution < 1.29 is 14.3 Å². The van der Waals surface area contributed by atoms with Gasteiger partial charge in [0.1, 0.15) is 5.75 Å². The second kappa shape index (κ2) is 9.21. The van der Waals surface area contributed by atoms with E-state index in [2.05, 4.69) is 10.6 Å². The molecule has 0 aliphatic carbocycles. The van der Waals surface area contributed by atoms with Gasteiger partial charge in [0.2, 0.25) is 0 Å². The van der Waals surface area contributed by atoms with Crippen LogP contribution >= 0.6 is 0 Å². The van der Waals surface area contributed by atoms with Crippen LogP contribution in [0.3, 0.4) is 0 Å². The van der Waals surface area contributed by atoms with E-state index in [1.54, 1.807) is 31.2 Å². The first-order valence-electron chi connectivity index (χ1n) is 9.26. The molecule has 0 aliphatic heterocycles. The van der Waals surface area contributed by atoms with Gasteiger partial charge in [-0.2, -0.15) is 0 Å². The Morgan fingerprint density at radius 3 is 2.44 bits per heavy atom. The number of amides is 2. The molecule has 0 saturated heterocycles. The second-order valence-electron chi connectivity index (χ2n) is 6.85. The molecule has 2 rings (SSSR count). The molecule has 0 spiro atoms. The predicted octanol–water partition coefficient (Wildman–Crippen LogP) is 4.24. The first-order chi connectivity index (χ1) is 12.8. The summed E-state index contributed by atoms with van der Waals surface area (Å²) in [5.41, 5.74) is 3.02. The Kier molecular flexibility index (Phi) is 6.99. The number of para-hydroxylation sites is 1. The van der Waals surface area contributed by atoms with Crippen LogP contribution in [-0.2, 0) is 4.79 Å². The molecular weight excluding hydrogens is 340 g/mol. The number of carbonyl (C=O) groups excluding carboxylic acids is 2. The van der Waals surface area contributed by atoms with Gasteiger partial charge in [-0.15, -0.1) is 0 Å². The predicted molar refractivity (Wildman–Crippen MR) is 108 cm³/mol. The van der Waals surface area contributed by atoms with Gasteiger partial charge in [0, 0.05) is 6.04 Å². The fourth-order valence-electron chi connectivity index (χ4n) is 2.60. The van der Waals surface area contributed by atoms with Crippen LogP contribution < -0.4 is 15.4 Å². The van der Waals surface area contributed by atoms with Crippen molar-refractivity contribution in [3.05, 3.63) is 59.2 Å². The van der Waals surface area contributed by atoms with E-state index in [1.807, 2.05) is 45.9 Å². The van der Waals surface area contributed by atoms with Crippen molar-refractivity contribution >= 4 is 17.5 Å². The molecule has 2 aromatic carbocycles. The minimum absolute atomic E-state index is 0.0630. The van der Waals surface area contributed by atoms with Crippen LogP contribution in [-0.4, -0.2) is 24.0 Å². The third-order valence-corrected chi connectivity index (χ3v) is 4.42. The van der Waals surface area contributed by atoms with Crippen molar-refractivity contribution in [2.45, 2.75) is 53.2 Å². The summed E-state index contributed by atoms with van der Waals surface area (Å²) in [5.74, 6) is 0.160. The number of aryl methyl sites for hydroxylation is 2. The SMILES string of the molecule is CC[C@H](C)NC(=O)c1ccccc1NC(=O)[C@H](C)Oc1ccc(C)cc1C. The average Bonchev–Trinajstić information content (AvgIpc) is 2.64. The summed E-state index contributed by atoms with van der Waals surface area (Å²) in [6, 6.07) is 12.9. The lowest BCUT2D eigenvalue weighted by Crippen LogP contribution is -2.34. The van der Waals surface area contributed by atoms with E-state index in [9.17, 15) is 9.59 Å². The van der Waals surface area contributed by atoms with Gasteiger partial charge in [-0.3, -0.25) is 9.59 Å². The summed E-state index contributed by atoms with van der Waals surface area (Å²) >= 11 is 0. The zero-order valence-electron chi connectivity index (χ0n) is 16.6. The molecule has 5 nitrogen and oxygen atoms in total. The molecule has 0 fully saturated rings. The number of carbonyl (C=O) groups is 2. The van der Waals surface area contributed by atoms with Crippen LogP contribution in [0.25, 0.3) is 0 Å². The Hall–Kier alpha value is -2.82. The summed E-state index contributed by atoms with van der Waals surface area (Å²) in [6.45, 7) is 9.59. The molecule has 0 bridgehead atoms. The van der Waals surface area contributed by atoms with Gasteiger partial charge in [-0.25, -0.2) is 0 Å². The highest BCUT2D eigenvalue weighted by Crippen LogP contribution is 2.21. The first kappa shape index (κ1) is 20.5. The third kappa shape index (κ3) is 5.58. The van der Waals surface area contributed by atoms with Crippen molar-refractivity contribution in [2.75, 3.05) is 5.32 Å². The lowest BCUT2D eigenvalue weighted by Gasteiger charge is -2.18. The standard InChI is InChI=1S/C22H28N2O3/c1-6-16(4)23-22(26)18-9-7-8-10-19(18)24-21(25)17(5)27-20-12-11-14(2)13-15(20)3/h7-13,16-17H,6H2,1-5H3,(H,23,26)(H,24,25)/t16-,17-/m0/s1. The summed E-state index contributed by atoms with van der Waals surface area (Å²) in [7, 11) is 0. The van der Waals surface area contributed by atoms with Crippen molar-refractivity contribution in [1.29, 1.82) is 0 Å². The van der Waals surface area contributed by atoms with E-state index < -0.39 is 6.10 Å². The quantitative estimate of drug-likeness (QED) is 0.768. The summed E-state index contributed by atoms with van der Waals surface area (Å²) in [5, 5.41) is 5.73. The van der Waals surface area contributed by atoms with Crippen LogP contribution in [0.4, 0.5) is 5.69 Å². The Balaban J connectivity index is 2.09. The van der Waals surface area contributed by atoms with Gasteiger partial charge in [-0.1, -0.05) is 36.8 Å². The van der Waals surface area contributed by atoms with Gasteiger partial charge in [-0.05, 0) is 57.9 Å². The maximum atomic E-state index is 12.6. The topological polar surface area (TPSA) is 67.4 Å². The number of hydrogen-bond donors (Lipinski definition) is 2. The molecule has 2 N–H and O–H groups in total. The number of ether oxygens (including phenoxy) is 1. The molecule has 0 heterocycles. The summed E-state index contributed by atoms with van der Waals surface area (Å²) in [4.78, 5) is 25.0. The zero-order valence-corrected chi connectivity index (χ0v) is 16.6. The molecule has 0 aliphatic rings. The van der Waals surface area contributed by atoms with E-state index in [4.69, 9.17) is 4.74 Å². The number of rotatable bonds is 7. The molecule has 27 heavy (non-hydrogen) atoms. The lowest BCUT2D eigenvalue weighted by atomic mass is 10.1. The highest BCUT2D eigenvalue weighted by Gasteiger charge is 2.19. The van der Waals surface area contributed by atoms with Crippen molar-refractivity contribution in [1.82, 2.24) is 5.32 Å². The fourth-order valence-corrected chi connectivity index (χ4v) is 2.60. The van der Waals surface area contributed by atoms with E-state index >= 15 is 0 Å². The Labute approximate surface area is 161 Å². The number of hydrogen-bond acceptors (Lipinski definition) is 3. The molecular formula is C22H28N2O3. The number of nitrogens with one attached hydrogen (secondary N) is 2. The van der Waals surface area contributed by atoms with Gasteiger partial charge in [0.15, 0.2) is 6.10 Å². The largest absolute Gasteiger partial charge is 0.481 e. The van der Waals surface area contributed by atoms with E-state index in [0.29, 0.717) is 17.0 Å². The Morgan fingerprint density at radius 1 is 1.07 bits per heavy atom. The normalized spacial score (nSPS) is 12.8. The lowest BCUT2D eigenvalue weighted by molar-refractivity contribution is -0.122. The molecule has 2 amide bonds. The molecule has 2 atom stereocenters. The van der Waals surface area contributed by atoms with Crippen molar-refractivity contribution in [3.63, 3.8) is 0 Å². The fraction of sp³-hybridized carbons (Fsp3) is 0.364. The van der Waals surface area contributed by atoms with Crippen LogP contribution in [0.2, 0.25) is 0 Å². The van der Waals surface area contributed by atoms with Crippen LogP contribution in [0.15, 0.2) is 42.5 Å². The molecule has 144 valence electrons. The van der Waals surface area contributed by atoms with Gasteiger partial charge >= 0.3 is 0 Å². The van der Waals surface area contributed by atoms with Crippen LogP contribution in [0.1, 0.15) is 48.7 Å². The molecule has 0 aromatic heterocycles. The van der Waals surface area contributed by atoms with Crippen molar-refractivity contribution in [2.24, 2.45) is 0 Å². The Morgan fingerprint density at radius 2 is 1.78 bits per heavy atom. The molecule has 0 radical (unpaired) electrons. The average molecular weight is 368 g/mol. The minimum atomic E-state index is -0.697. The first-order valence-corrected chi connectivity index (χ1v) is 9.26. The van der Waals surface area contributed by atoms with Crippen molar-refractivity contribution in [3.8, 4) is 5.75 Å².